The van der Waals surface area contributed by atoms with Crippen LogP contribution in [0, 0.1) is 5.82 Å². The molecule has 0 atom stereocenters. The van der Waals surface area contributed by atoms with Crippen molar-refractivity contribution in [3.63, 3.8) is 0 Å². The fourth-order valence-electron chi connectivity index (χ4n) is 2.19. The van der Waals surface area contributed by atoms with Gasteiger partial charge in [-0.25, -0.2) is 8.96 Å². The summed E-state index contributed by atoms with van der Waals surface area (Å²) in [4.78, 5) is 18.0. The Kier molecular flexibility index (Phi) is 5.72. The lowest BCUT2D eigenvalue weighted by molar-refractivity contribution is 0.281. The highest BCUT2D eigenvalue weighted by Crippen LogP contribution is 2.40. The van der Waals surface area contributed by atoms with Crippen LogP contribution in [0.2, 0.25) is 0 Å². The van der Waals surface area contributed by atoms with Crippen molar-refractivity contribution in [1.29, 1.82) is 0 Å². The van der Waals surface area contributed by atoms with Gasteiger partial charge < -0.3 is 4.52 Å². The van der Waals surface area contributed by atoms with Crippen LogP contribution in [0.4, 0.5) is 4.39 Å². The lowest BCUT2D eigenvalue weighted by Crippen LogP contribution is -1.99. The lowest BCUT2D eigenvalue weighted by atomic mass is 10.0. The van der Waals surface area contributed by atoms with Crippen LogP contribution in [-0.2, 0) is 11.0 Å². The van der Waals surface area contributed by atoms with Crippen LogP contribution in [0.1, 0.15) is 30.0 Å². The average Bonchev–Trinajstić information content (AvgIpc) is 2.48. The van der Waals surface area contributed by atoms with Crippen LogP contribution < -0.4 is 4.52 Å². The largest absolute Gasteiger partial charge is 0.524 e. The molecule has 2 rings (SSSR count). The van der Waals surface area contributed by atoms with Gasteiger partial charge in [0, 0.05) is 5.56 Å². The number of phosphoric ester groups is 1. The summed E-state index contributed by atoms with van der Waals surface area (Å²) >= 11 is 0. The molecule has 0 saturated carbocycles. The molecule has 6 heteroatoms. The van der Waals surface area contributed by atoms with Gasteiger partial charge in [-0.05, 0) is 29.7 Å². The molecule has 0 radical (unpaired) electrons. The van der Waals surface area contributed by atoms with Crippen LogP contribution in [0.25, 0.3) is 12.2 Å². The summed E-state index contributed by atoms with van der Waals surface area (Å²) in [5.41, 5.74) is 1.57. The number of rotatable bonds is 6. The van der Waals surface area contributed by atoms with Gasteiger partial charge in [-0.2, -0.15) is 0 Å². The predicted molar refractivity (Wildman–Crippen MR) is 88.4 cm³/mol. The topological polar surface area (TPSA) is 66.8 Å². The molecular weight excluding hydrogens is 318 g/mol. The molecule has 2 N–H and O–H groups in total. The van der Waals surface area contributed by atoms with Gasteiger partial charge in [0.15, 0.2) is 0 Å². The van der Waals surface area contributed by atoms with Gasteiger partial charge >= 0.3 is 7.82 Å². The molecule has 2 aromatic carbocycles. The maximum Gasteiger partial charge on any atom is 0.524 e. The van der Waals surface area contributed by atoms with Gasteiger partial charge in [0.2, 0.25) is 0 Å². The van der Waals surface area contributed by atoms with Crippen molar-refractivity contribution >= 4 is 20.0 Å². The van der Waals surface area contributed by atoms with Crippen molar-refractivity contribution in [2.75, 3.05) is 0 Å². The Morgan fingerprint density at radius 3 is 2.39 bits per heavy atom. The molecule has 0 aliphatic rings. The Balaban J connectivity index is 2.38. The van der Waals surface area contributed by atoms with E-state index >= 15 is 0 Å². The summed E-state index contributed by atoms with van der Waals surface area (Å²) in [5, 5.41) is 0. The molecule has 0 amide bonds. The van der Waals surface area contributed by atoms with Crippen molar-refractivity contribution in [3.8, 4) is 5.75 Å². The minimum Gasteiger partial charge on any atom is -0.404 e. The highest BCUT2D eigenvalue weighted by atomic mass is 31.2. The monoisotopic (exact) mass is 336 g/mol. The minimum absolute atomic E-state index is 0.118. The van der Waals surface area contributed by atoms with E-state index in [0.717, 1.165) is 5.56 Å². The van der Waals surface area contributed by atoms with Crippen LogP contribution >= 0.6 is 7.82 Å². The average molecular weight is 336 g/mol. The van der Waals surface area contributed by atoms with E-state index in [1.165, 1.54) is 12.1 Å². The number of phosphoric acid groups is 1. The molecule has 0 bridgehead atoms. The Bertz CT molecular complexity index is 738. The number of benzene rings is 2. The van der Waals surface area contributed by atoms with Crippen LogP contribution in [0.3, 0.4) is 0 Å². The third-order valence-electron chi connectivity index (χ3n) is 3.16. The molecule has 0 fully saturated rings. The van der Waals surface area contributed by atoms with Crippen LogP contribution in [0.15, 0.2) is 42.5 Å². The molecule has 0 heterocycles. The Hall–Kier alpha value is -1.94. The number of hydrogen-bond acceptors (Lipinski definition) is 2. The predicted octanol–water partition coefficient (Wildman–Crippen LogP) is 4.42. The Morgan fingerprint density at radius 2 is 1.78 bits per heavy atom. The van der Waals surface area contributed by atoms with E-state index in [4.69, 9.17) is 9.79 Å². The van der Waals surface area contributed by atoms with E-state index in [9.17, 15) is 8.96 Å². The third-order valence-corrected chi connectivity index (χ3v) is 3.60. The molecule has 122 valence electrons. The Labute approximate surface area is 134 Å². The van der Waals surface area contributed by atoms with Gasteiger partial charge in [-0.1, -0.05) is 55.8 Å². The first-order valence-corrected chi connectivity index (χ1v) is 8.73. The summed E-state index contributed by atoms with van der Waals surface area (Å²) < 4.78 is 30.0. The van der Waals surface area contributed by atoms with Gasteiger partial charge in [-0.15, -0.1) is 0 Å². The summed E-state index contributed by atoms with van der Waals surface area (Å²) in [6.45, 7) is 1.85. The first kappa shape index (κ1) is 17.4. The molecular formula is C17H18FO4P. The molecule has 0 aliphatic heterocycles. The molecule has 0 aliphatic carbocycles. The van der Waals surface area contributed by atoms with Crippen LogP contribution in [0.5, 0.6) is 5.75 Å². The third kappa shape index (κ3) is 5.32. The van der Waals surface area contributed by atoms with Gasteiger partial charge in [0.05, 0.1) is 0 Å². The first-order valence-electron chi connectivity index (χ1n) is 7.19. The summed E-state index contributed by atoms with van der Waals surface area (Å²) in [6.07, 6.45) is 4.42. The van der Waals surface area contributed by atoms with Crippen molar-refractivity contribution in [2.24, 2.45) is 0 Å². The maximum absolute atomic E-state index is 14.2. The quantitative estimate of drug-likeness (QED) is 0.605. The summed E-state index contributed by atoms with van der Waals surface area (Å²) in [5.74, 6) is -0.654. The van der Waals surface area contributed by atoms with E-state index in [-0.39, 0.29) is 11.3 Å². The van der Waals surface area contributed by atoms with E-state index < -0.39 is 13.6 Å². The zero-order valence-electron chi connectivity index (χ0n) is 12.6. The van der Waals surface area contributed by atoms with Crippen molar-refractivity contribution < 1.29 is 23.3 Å². The SMILES string of the molecule is CCCc1c(F)cc(C=Cc2ccccc2)cc1OP(=O)(O)O. The van der Waals surface area contributed by atoms with E-state index in [2.05, 4.69) is 4.52 Å². The Morgan fingerprint density at radius 1 is 1.13 bits per heavy atom. The first-order chi connectivity index (χ1) is 10.9. The number of hydrogen-bond donors (Lipinski definition) is 2. The minimum atomic E-state index is -4.75. The molecule has 4 nitrogen and oxygen atoms in total. The van der Waals surface area contributed by atoms with Gasteiger partial charge in [0.1, 0.15) is 11.6 Å². The van der Waals surface area contributed by atoms with Gasteiger partial charge in [0.25, 0.3) is 0 Å². The maximum atomic E-state index is 14.2. The molecule has 0 spiro atoms. The highest BCUT2D eigenvalue weighted by molar-refractivity contribution is 7.46. The zero-order valence-corrected chi connectivity index (χ0v) is 13.5. The molecule has 0 aromatic heterocycles. The second-order valence-electron chi connectivity index (χ2n) is 5.06. The second kappa shape index (κ2) is 7.55. The summed E-state index contributed by atoms with van der Waals surface area (Å²) in [6, 6.07) is 12.2. The van der Waals surface area contributed by atoms with E-state index in [0.29, 0.717) is 18.4 Å². The molecule has 0 saturated heterocycles. The van der Waals surface area contributed by atoms with Gasteiger partial charge in [-0.3, -0.25) is 9.79 Å². The lowest BCUT2D eigenvalue weighted by Gasteiger charge is -2.13. The standard InChI is InChI=1S/C17H18FO4P/c1-2-6-15-16(18)11-14(12-17(15)22-23(19,20)21)10-9-13-7-4-3-5-8-13/h3-5,7-12H,2,6H2,1H3,(H2,19,20,21). The molecule has 23 heavy (non-hydrogen) atoms. The van der Waals surface area contributed by atoms with Crippen molar-refractivity contribution in [2.45, 2.75) is 19.8 Å². The molecule has 0 unspecified atom stereocenters. The van der Waals surface area contributed by atoms with E-state index in [1.54, 1.807) is 12.2 Å². The second-order valence-corrected chi connectivity index (χ2v) is 6.22. The molecule has 2 aromatic rings. The van der Waals surface area contributed by atoms with E-state index in [1.807, 2.05) is 37.3 Å². The van der Waals surface area contributed by atoms with Crippen molar-refractivity contribution in [3.05, 3.63) is 65.0 Å². The summed E-state index contributed by atoms with van der Waals surface area (Å²) in [7, 11) is -4.75. The van der Waals surface area contributed by atoms with Crippen LogP contribution in [-0.4, -0.2) is 9.79 Å². The van der Waals surface area contributed by atoms with Crippen molar-refractivity contribution in [1.82, 2.24) is 0 Å². The fourth-order valence-corrected chi connectivity index (χ4v) is 2.61. The normalized spacial score (nSPS) is 11.8. The fraction of sp³-hybridized carbons (Fsp3) is 0.176. The smallest absolute Gasteiger partial charge is 0.404 e. The zero-order chi connectivity index (χ0) is 16.9. The highest BCUT2D eigenvalue weighted by Gasteiger charge is 2.20. The number of halogens is 1.